The molecule has 6 aromatic carbocycles. The summed E-state index contributed by atoms with van der Waals surface area (Å²) in [5.74, 6) is 4.34. The van der Waals surface area contributed by atoms with Crippen molar-refractivity contribution >= 4 is 46.3 Å². The third kappa shape index (κ3) is 18.2. The lowest BCUT2D eigenvalue weighted by atomic mass is 9.86. The van der Waals surface area contributed by atoms with Gasteiger partial charge in [-0.2, -0.15) is 39.5 Å². The number of rotatable bonds is 8. The van der Waals surface area contributed by atoms with Crippen molar-refractivity contribution in [2.24, 2.45) is 5.11 Å². The molecule has 0 bridgehead atoms. The lowest BCUT2D eigenvalue weighted by Gasteiger charge is -2.25. The summed E-state index contributed by atoms with van der Waals surface area (Å²) in [6.07, 6.45) is 6.21. The van der Waals surface area contributed by atoms with Gasteiger partial charge in [-0.1, -0.05) is 85.4 Å². The molecular weight excluding hydrogens is 1220 g/mol. The van der Waals surface area contributed by atoms with Crippen LogP contribution in [0.2, 0.25) is 15.1 Å². The van der Waals surface area contributed by atoms with E-state index in [0.29, 0.717) is 16.1 Å². The van der Waals surface area contributed by atoms with Gasteiger partial charge in [0.25, 0.3) is 0 Å². The maximum absolute atomic E-state index is 13.7. The Labute approximate surface area is 504 Å². The number of carbonyl (C=O) groups is 1. The molecule has 0 amide bonds. The highest BCUT2D eigenvalue weighted by atomic mass is 35.5. The number of ether oxygens (including phenoxy) is 1. The number of aromatic nitrogens is 6. The van der Waals surface area contributed by atoms with E-state index in [1.807, 2.05) is 11.8 Å². The first-order valence-corrected chi connectivity index (χ1v) is 25.7. The fraction of sp³-hybridized carbons (Fsp3) is 0.203. The number of ketones is 1. The summed E-state index contributed by atoms with van der Waals surface area (Å²) in [5, 5.41) is 71.6. The van der Waals surface area contributed by atoms with E-state index in [4.69, 9.17) is 69.4 Å². The Bertz CT molecular complexity index is 3860. The Morgan fingerprint density at radius 1 is 0.586 bits per heavy atom. The number of phenols is 3. The van der Waals surface area contributed by atoms with Crippen LogP contribution in [0, 0.1) is 57.8 Å². The van der Waals surface area contributed by atoms with E-state index in [1.54, 1.807) is 5.92 Å². The Morgan fingerprint density at radius 2 is 0.977 bits per heavy atom. The van der Waals surface area contributed by atoms with Gasteiger partial charge in [-0.05, 0) is 153 Å². The van der Waals surface area contributed by atoms with E-state index in [0.717, 1.165) is 59.0 Å². The van der Waals surface area contributed by atoms with Gasteiger partial charge >= 0.3 is 18.5 Å². The van der Waals surface area contributed by atoms with Crippen molar-refractivity contribution in [1.82, 2.24) is 30.0 Å². The van der Waals surface area contributed by atoms with E-state index >= 15 is 0 Å². The molecule has 2 aromatic heterocycles. The summed E-state index contributed by atoms with van der Waals surface area (Å²) in [5.41, 5.74) is 1.06. The van der Waals surface area contributed by atoms with Gasteiger partial charge in [0.15, 0.2) is 5.60 Å². The molecule has 0 saturated carbocycles. The van der Waals surface area contributed by atoms with Crippen LogP contribution in [0.4, 0.5) is 45.2 Å². The fourth-order valence-corrected chi connectivity index (χ4v) is 8.20. The van der Waals surface area contributed by atoms with Crippen molar-refractivity contribution in [1.29, 1.82) is 0 Å². The first-order chi connectivity index (χ1) is 40.7. The number of hydrogen-bond donors (Lipinski definition) is 5. The molecule has 0 atom stereocenters. The highest BCUT2D eigenvalue weighted by molar-refractivity contribution is 6.31. The average Bonchev–Trinajstić information content (AvgIpc) is 2.16. The molecule has 0 aliphatic carbocycles. The van der Waals surface area contributed by atoms with Gasteiger partial charge in [0.1, 0.15) is 40.0 Å². The van der Waals surface area contributed by atoms with Crippen molar-refractivity contribution in [3.8, 4) is 65.7 Å². The Balaban J connectivity index is 0.000000235. The number of alkyl halides is 9. The number of hydrogen-bond acceptors (Lipinski definition) is 12. The van der Waals surface area contributed by atoms with E-state index < -0.39 is 52.2 Å². The van der Waals surface area contributed by atoms with E-state index in [1.165, 1.54) is 119 Å². The van der Waals surface area contributed by atoms with Crippen LogP contribution in [0.3, 0.4) is 0 Å². The molecule has 9 rings (SSSR count). The van der Waals surface area contributed by atoms with Crippen LogP contribution >= 0.6 is 34.8 Å². The second-order valence-corrected chi connectivity index (χ2v) is 19.8. The summed E-state index contributed by atoms with van der Waals surface area (Å²) in [4.78, 5) is 13.6. The van der Waals surface area contributed by atoms with Gasteiger partial charge in [-0.25, -0.2) is 9.36 Å². The van der Waals surface area contributed by atoms with Gasteiger partial charge in [-0.3, -0.25) is 4.79 Å². The number of Topliss-reactive ketones (excluding diaryl/α,β-unsaturated/α-hetero) is 1. The molecule has 452 valence electrons. The molecule has 0 unspecified atom stereocenters. The minimum Gasteiger partial charge on any atom is -0.507 e. The van der Waals surface area contributed by atoms with Crippen LogP contribution in [-0.4, -0.2) is 74.5 Å². The van der Waals surface area contributed by atoms with Gasteiger partial charge in [-0.15, -0.1) is 29.5 Å². The molecule has 16 nitrogen and oxygen atoms in total. The lowest BCUT2D eigenvalue weighted by Crippen LogP contribution is -2.30. The van der Waals surface area contributed by atoms with Crippen molar-refractivity contribution in [2.75, 3.05) is 13.2 Å². The van der Waals surface area contributed by atoms with Gasteiger partial charge in [0, 0.05) is 44.3 Å². The summed E-state index contributed by atoms with van der Waals surface area (Å²) in [6.45, 7) is 6.38. The summed E-state index contributed by atoms with van der Waals surface area (Å²) in [7, 11) is 0. The van der Waals surface area contributed by atoms with Gasteiger partial charge in [0.2, 0.25) is 11.4 Å². The first kappa shape index (κ1) is 68.6. The summed E-state index contributed by atoms with van der Waals surface area (Å²) < 4.78 is 123. The minimum atomic E-state index is -4.71. The number of terminal acetylenes is 3. The standard InChI is InChI=1S/C25H17Cl2F3N6O3.C13H9F3O.C11H7F3O.C6H4ClN3O.C4H8O/c1-13-6-14(8-15(7-13)25(28,29)30)24(39,22-11-35(33-31-22)18-9-16(26)2-4-20(18)37)23-12-36(34-32-23)19-10-17(27)3-5-21(19)38;1-4-12(17,5-2)10-6-9(3)7-11(8-10)13(14,15)16;1-3-10(15)8-4-7(2)5-9(6-8)11(12,13)14;7-4-1-2-6(11)5(3-4)9-10-8;1-2-4-5-3-1/h2-12,37-39H,1H3;1-2,6-8,17H,3H3;1,4-6H,2H3;1-3,11H;1-4H2. The highest BCUT2D eigenvalue weighted by Crippen LogP contribution is 2.41. The van der Waals surface area contributed by atoms with Crippen LogP contribution in [-0.2, 0) is 34.5 Å². The molecule has 1 aliphatic heterocycles. The lowest BCUT2D eigenvalue weighted by molar-refractivity contribution is -0.138. The van der Waals surface area contributed by atoms with Crippen molar-refractivity contribution in [3.63, 3.8) is 0 Å². The maximum Gasteiger partial charge on any atom is 0.416 e. The van der Waals surface area contributed by atoms with Crippen molar-refractivity contribution in [2.45, 2.75) is 63.3 Å². The second-order valence-electron chi connectivity index (χ2n) is 18.4. The molecule has 87 heavy (non-hydrogen) atoms. The molecule has 28 heteroatoms. The van der Waals surface area contributed by atoms with Crippen LogP contribution in [0.15, 0.2) is 127 Å². The van der Waals surface area contributed by atoms with Crippen molar-refractivity contribution < 1.29 is 74.6 Å². The molecular formula is C59H45Cl3F9N9O7. The quantitative estimate of drug-likeness (QED) is 0.0182. The number of carbonyl (C=O) groups excluding carboxylic acids is 1. The first-order valence-electron chi connectivity index (χ1n) is 24.6. The van der Waals surface area contributed by atoms with Gasteiger partial charge in [0.05, 0.1) is 34.8 Å². The van der Waals surface area contributed by atoms with E-state index in [-0.39, 0.29) is 78.0 Å². The van der Waals surface area contributed by atoms with Crippen molar-refractivity contribution in [3.05, 3.63) is 209 Å². The number of aryl methyl sites for hydroxylation is 3. The molecule has 1 fully saturated rings. The fourth-order valence-electron chi connectivity index (χ4n) is 7.70. The smallest absolute Gasteiger partial charge is 0.416 e. The Morgan fingerprint density at radius 3 is 1.38 bits per heavy atom. The predicted octanol–water partition coefficient (Wildman–Crippen LogP) is 14.3. The number of nitrogens with zero attached hydrogens (tertiary/aromatic N) is 9. The third-order valence-electron chi connectivity index (χ3n) is 11.9. The number of benzene rings is 6. The molecule has 1 saturated heterocycles. The van der Waals surface area contributed by atoms with Crippen LogP contribution < -0.4 is 0 Å². The zero-order chi connectivity index (χ0) is 64.8. The van der Waals surface area contributed by atoms with Crippen LogP contribution in [0.5, 0.6) is 17.2 Å². The zero-order valence-electron chi connectivity index (χ0n) is 45.2. The number of phenolic OH excluding ortho intramolecular Hbond substituents is 3. The SMILES string of the molecule is C#CC(=O)c1cc(C)cc(C(F)(F)F)c1.C#CC(O)(C#C)c1cc(C)cc(C(F)(F)F)c1.C1CCOC1.Cc1cc(C(F)(F)F)cc(C(O)(c2cn(-c3cc(Cl)ccc3O)nn2)c2cn(-c3cc(Cl)ccc3O)nn2)c1.[N-]=[N+]=Nc1cc(Cl)ccc1O. The maximum atomic E-state index is 13.7. The zero-order valence-corrected chi connectivity index (χ0v) is 47.5. The molecule has 5 N–H and O–H groups in total. The van der Waals surface area contributed by atoms with Crippen LogP contribution in [0.1, 0.15) is 79.1 Å². The van der Waals surface area contributed by atoms with Crippen LogP contribution in [0.25, 0.3) is 21.8 Å². The molecule has 1 aliphatic rings. The number of halogens is 12. The van der Waals surface area contributed by atoms with E-state index in [2.05, 4.69) is 30.7 Å². The topological polar surface area (TPSA) is 238 Å². The monoisotopic (exact) mass is 1270 g/mol. The largest absolute Gasteiger partial charge is 0.507 e. The summed E-state index contributed by atoms with van der Waals surface area (Å²) in [6, 6.07) is 21.7. The third-order valence-corrected chi connectivity index (χ3v) is 12.6. The molecule has 8 aromatic rings. The molecule has 0 radical (unpaired) electrons. The van der Waals surface area contributed by atoms with Gasteiger partial charge < -0.3 is 30.3 Å². The number of azide groups is 1. The number of aromatic hydroxyl groups is 3. The molecule has 3 heterocycles. The normalized spacial score (nSPS) is 12.1. The Hall–Kier alpha value is -9.22. The minimum absolute atomic E-state index is 0.0767. The average molecular weight is 1270 g/mol. The highest BCUT2D eigenvalue weighted by Gasteiger charge is 2.43. The predicted molar refractivity (Wildman–Crippen MR) is 303 cm³/mol. The summed E-state index contributed by atoms with van der Waals surface area (Å²) >= 11 is 17.6. The Kier molecular flexibility index (Phi) is 22.7. The molecule has 0 spiro atoms. The van der Waals surface area contributed by atoms with E-state index in [9.17, 15) is 64.7 Å². The second kappa shape index (κ2) is 28.8. The number of aliphatic hydroxyl groups is 2.